The number of hydrogen-bond donors (Lipinski definition) is 0. The molecule has 7 aliphatic rings. The van der Waals surface area contributed by atoms with Crippen LogP contribution in [0.1, 0.15) is 93.3 Å². The fourth-order valence-corrected chi connectivity index (χ4v) is 11.7. The van der Waals surface area contributed by atoms with Gasteiger partial charge in [0.2, 0.25) is 18.2 Å². The summed E-state index contributed by atoms with van der Waals surface area (Å²) in [4.78, 5) is 52.3. The van der Waals surface area contributed by atoms with Gasteiger partial charge in [0.1, 0.15) is 0 Å². The van der Waals surface area contributed by atoms with Crippen molar-refractivity contribution in [2.45, 2.75) is 108 Å². The molecule has 3 heterocycles. The summed E-state index contributed by atoms with van der Waals surface area (Å²) in [7, 11) is 3.04. The van der Waals surface area contributed by atoms with Gasteiger partial charge in [-0.15, -0.1) is 0 Å². The highest BCUT2D eigenvalue weighted by Crippen LogP contribution is 2.70. The number of carbonyl (C=O) groups is 4. The molecule has 0 N–H and O–H groups in total. The van der Waals surface area contributed by atoms with Crippen LogP contribution in [0.25, 0.3) is 0 Å². The standard InChI is InChI=1S/C40H46N2O8/c1-19-8-27-28(9-20(19)35(44)41(6)18-43)48-33-14-25-23(12-31(33)47-27)38(2,3)16-40(25)17-39(4,5)24-13-32-34(15-26(24)40)50-30-11-22-21(10-29(30)49-32)36(45)42(7)37(22)46/h8-9,12,14,18,21-22,24,26,29-30,32,34H,10-11,13,15-17H2,1-7H3. The highest BCUT2D eigenvalue weighted by atomic mass is 16.6. The van der Waals surface area contributed by atoms with Crippen LogP contribution in [0.3, 0.4) is 0 Å². The molecule has 0 aromatic heterocycles. The maximum Gasteiger partial charge on any atom is 0.260 e. The number of aryl methyl sites for hydroxylation is 1. The van der Waals surface area contributed by atoms with E-state index < -0.39 is 5.91 Å². The molecule has 2 aromatic carbocycles. The normalized spacial score (nSPS) is 36.6. The van der Waals surface area contributed by atoms with Crippen LogP contribution >= 0.6 is 0 Å². The van der Waals surface area contributed by atoms with Crippen molar-refractivity contribution < 1.29 is 38.1 Å². The molecule has 3 aliphatic heterocycles. The predicted molar refractivity (Wildman–Crippen MR) is 181 cm³/mol. The molecule has 3 saturated carbocycles. The Kier molecular flexibility index (Phi) is 6.70. The Morgan fingerprint density at radius 1 is 0.780 bits per heavy atom. The second-order valence-corrected chi connectivity index (χ2v) is 17.6. The molecule has 5 fully saturated rings. The number of benzene rings is 2. The number of carbonyl (C=O) groups excluding carboxylic acids is 4. The predicted octanol–water partition coefficient (Wildman–Crippen LogP) is 6.04. The van der Waals surface area contributed by atoms with Gasteiger partial charge >= 0.3 is 0 Å². The van der Waals surface area contributed by atoms with Crippen molar-refractivity contribution in [1.82, 2.24) is 9.80 Å². The number of amides is 4. The Labute approximate surface area is 292 Å². The van der Waals surface area contributed by atoms with E-state index in [1.807, 2.05) is 6.92 Å². The van der Waals surface area contributed by atoms with Gasteiger partial charge in [-0.2, -0.15) is 0 Å². The summed E-state index contributed by atoms with van der Waals surface area (Å²) in [6, 6.07) is 7.84. The fourth-order valence-electron chi connectivity index (χ4n) is 11.7. The third-order valence-electron chi connectivity index (χ3n) is 13.8. The first-order valence-corrected chi connectivity index (χ1v) is 18.2. The molecular weight excluding hydrogens is 636 g/mol. The summed E-state index contributed by atoms with van der Waals surface area (Å²) in [5.41, 5.74) is 3.54. The van der Waals surface area contributed by atoms with Crippen LogP contribution in [-0.4, -0.2) is 72.4 Å². The van der Waals surface area contributed by atoms with Crippen molar-refractivity contribution in [1.29, 1.82) is 0 Å². The highest BCUT2D eigenvalue weighted by molar-refractivity contribution is 6.05. The number of nitrogens with zero attached hydrogens (tertiary/aromatic N) is 2. The number of fused-ring (bicyclic) bond motifs is 9. The van der Waals surface area contributed by atoms with E-state index in [1.54, 1.807) is 19.2 Å². The van der Waals surface area contributed by atoms with Crippen LogP contribution in [0, 0.1) is 36.0 Å². The summed E-state index contributed by atoms with van der Waals surface area (Å²) >= 11 is 0. The number of ether oxygens (including phenoxy) is 4. The van der Waals surface area contributed by atoms with Gasteiger partial charge in [-0.3, -0.25) is 29.0 Å². The molecule has 9 rings (SSSR count). The van der Waals surface area contributed by atoms with E-state index in [2.05, 4.69) is 39.8 Å². The van der Waals surface area contributed by atoms with Crippen molar-refractivity contribution in [3.8, 4) is 23.0 Å². The molecule has 9 atom stereocenters. The minimum absolute atomic E-state index is 0.0299. The SMILES string of the molecule is Cc1cc2c(cc1C(=O)N(C)C=O)Oc1cc3c(cc1O2)C(C)(C)CC31CC(C)(C)C2CC3OC4CC5C(=O)N(C)C(=O)C5CC4OC3CC21. The fraction of sp³-hybridized carbons (Fsp3) is 0.600. The molecule has 4 aliphatic carbocycles. The second-order valence-electron chi connectivity index (χ2n) is 17.6. The van der Waals surface area contributed by atoms with E-state index in [4.69, 9.17) is 18.9 Å². The van der Waals surface area contributed by atoms with Crippen LogP contribution in [0.4, 0.5) is 0 Å². The average molecular weight is 683 g/mol. The Hall–Kier alpha value is -3.76. The summed E-state index contributed by atoms with van der Waals surface area (Å²) < 4.78 is 26.8. The molecule has 0 bridgehead atoms. The topological polar surface area (TPSA) is 112 Å². The van der Waals surface area contributed by atoms with Crippen molar-refractivity contribution in [2.75, 3.05) is 14.1 Å². The summed E-state index contributed by atoms with van der Waals surface area (Å²) in [6.45, 7) is 11.3. The van der Waals surface area contributed by atoms with E-state index in [9.17, 15) is 19.2 Å². The molecular formula is C40H46N2O8. The van der Waals surface area contributed by atoms with Crippen molar-refractivity contribution in [3.63, 3.8) is 0 Å². The lowest BCUT2D eigenvalue weighted by Gasteiger charge is -2.52. The van der Waals surface area contributed by atoms with Gasteiger partial charge in [-0.05, 0) is 109 Å². The summed E-state index contributed by atoms with van der Waals surface area (Å²) in [5, 5.41) is 0. The van der Waals surface area contributed by atoms with E-state index in [0.717, 1.165) is 30.6 Å². The van der Waals surface area contributed by atoms with Gasteiger partial charge in [0.25, 0.3) is 5.91 Å². The van der Waals surface area contributed by atoms with Crippen molar-refractivity contribution in [3.05, 3.63) is 46.5 Å². The van der Waals surface area contributed by atoms with Gasteiger partial charge in [-0.1, -0.05) is 27.7 Å². The molecule has 2 aromatic rings. The van der Waals surface area contributed by atoms with Gasteiger partial charge in [0.15, 0.2) is 23.0 Å². The van der Waals surface area contributed by atoms with Crippen LogP contribution in [-0.2, 0) is 34.7 Å². The Balaban J connectivity index is 1.05. The van der Waals surface area contributed by atoms with E-state index >= 15 is 0 Å². The van der Waals surface area contributed by atoms with Crippen molar-refractivity contribution >= 4 is 24.1 Å². The molecule has 2 saturated heterocycles. The lowest BCUT2D eigenvalue weighted by molar-refractivity contribution is -0.259. The zero-order valence-electron chi connectivity index (χ0n) is 29.9. The van der Waals surface area contributed by atoms with Crippen LogP contribution in [0.2, 0.25) is 0 Å². The number of rotatable bonds is 2. The third kappa shape index (κ3) is 4.33. The van der Waals surface area contributed by atoms with E-state index in [1.165, 1.54) is 23.1 Å². The first kappa shape index (κ1) is 32.2. The highest BCUT2D eigenvalue weighted by Gasteiger charge is 2.66. The van der Waals surface area contributed by atoms with Crippen LogP contribution in [0.5, 0.6) is 23.0 Å². The molecule has 0 radical (unpaired) electrons. The van der Waals surface area contributed by atoms with Gasteiger partial charge in [0.05, 0.1) is 36.3 Å². The quantitative estimate of drug-likeness (QED) is 0.238. The second kappa shape index (κ2) is 10.4. The largest absolute Gasteiger partial charge is 0.449 e. The van der Waals surface area contributed by atoms with E-state index in [0.29, 0.717) is 65.2 Å². The first-order valence-electron chi connectivity index (χ1n) is 18.2. The average Bonchev–Trinajstić information content (AvgIpc) is 3.52. The number of imide groups is 2. The molecule has 1 spiro atoms. The third-order valence-corrected chi connectivity index (χ3v) is 13.8. The van der Waals surface area contributed by atoms with Crippen LogP contribution < -0.4 is 9.47 Å². The molecule has 9 unspecified atom stereocenters. The zero-order chi connectivity index (χ0) is 35.2. The zero-order valence-corrected chi connectivity index (χ0v) is 29.9. The minimum Gasteiger partial charge on any atom is -0.449 e. The summed E-state index contributed by atoms with van der Waals surface area (Å²) in [5.74, 6) is 1.89. The number of likely N-dealkylation sites (tertiary alicyclic amines) is 1. The van der Waals surface area contributed by atoms with Crippen LogP contribution in [0.15, 0.2) is 24.3 Å². The van der Waals surface area contributed by atoms with Crippen molar-refractivity contribution in [2.24, 2.45) is 29.1 Å². The Bertz CT molecular complexity index is 1880. The maximum atomic E-state index is 12.9. The lowest BCUT2D eigenvalue weighted by atomic mass is 9.63. The Morgan fingerprint density at radius 3 is 1.90 bits per heavy atom. The van der Waals surface area contributed by atoms with E-state index in [-0.39, 0.29) is 64.3 Å². The smallest absolute Gasteiger partial charge is 0.260 e. The molecule has 10 heteroatoms. The van der Waals surface area contributed by atoms with Gasteiger partial charge < -0.3 is 18.9 Å². The molecule has 50 heavy (non-hydrogen) atoms. The van der Waals surface area contributed by atoms with Gasteiger partial charge in [-0.25, -0.2) is 0 Å². The molecule has 10 nitrogen and oxygen atoms in total. The Morgan fingerprint density at radius 2 is 1.30 bits per heavy atom. The minimum atomic E-state index is -0.400. The molecule has 264 valence electrons. The number of hydrogen-bond acceptors (Lipinski definition) is 8. The first-order chi connectivity index (χ1) is 23.6. The summed E-state index contributed by atoms with van der Waals surface area (Å²) in [6.07, 6.45) is 4.98. The maximum absolute atomic E-state index is 12.9. The monoisotopic (exact) mass is 682 g/mol. The molecule has 4 amide bonds. The lowest BCUT2D eigenvalue weighted by Crippen LogP contribution is -2.57. The van der Waals surface area contributed by atoms with Gasteiger partial charge in [0, 0.05) is 25.1 Å².